The third kappa shape index (κ3) is 5.33. The second kappa shape index (κ2) is 6.87. The van der Waals surface area contributed by atoms with Crippen LogP contribution in [-0.4, -0.2) is 37.0 Å². The molecule has 0 aromatic heterocycles. The van der Waals surface area contributed by atoms with Crippen LogP contribution in [0.2, 0.25) is 0 Å². The van der Waals surface area contributed by atoms with Gasteiger partial charge in [-0.25, -0.2) is 8.42 Å². The van der Waals surface area contributed by atoms with E-state index >= 15 is 0 Å². The average Bonchev–Trinajstić information content (AvgIpc) is 2.34. The average molecular weight is 372 g/mol. The lowest BCUT2D eigenvalue weighted by molar-refractivity contribution is -0.125. The lowest BCUT2D eigenvalue weighted by atomic mass is 10.1. The summed E-state index contributed by atoms with van der Waals surface area (Å²) < 4.78 is 22.9. The summed E-state index contributed by atoms with van der Waals surface area (Å²) in [6.45, 7) is 1.51. The van der Waals surface area contributed by atoms with Crippen molar-refractivity contribution in [3.63, 3.8) is 0 Å². The van der Waals surface area contributed by atoms with E-state index < -0.39 is 21.5 Å². The molecule has 1 aromatic rings. The van der Waals surface area contributed by atoms with Crippen LogP contribution in [0.4, 0.5) is 0 Å². The van der Waals surface area contributed by atoms with Crippen molar-refractivity contribution in [2.24, 2.45) is 0 Å². The minimum atomic E-state index is -3.44. The number of rotatable bonds is 5. The highest BCUT2D eigenvalue weighted by Crippen LogP contribution is 2.20. The first-order chi connectivity index (χ1) is 9.64. The molecule has 7 heteroatoms. The summed E-state index contributed by atoms with van der Waals surface area (Å²) in [5, 5.41) is 0. The molecule has 112 valence electrons. The van der Waals surface area contributed by atoms with Crippen molar-refractivity contribution in [2.75, 3.05) is 12.0 Å². The van der Waals surface area contributed by atoms with Crippen LogP contribution in [0.15, 0.2) is 22.7 Å². The summed E-state index contributed by atoms with van der Waals surface area (Å²) in [6.07, 6.45) is 6.23. The number of nitrogens with zero attached hydrogens (tertiary/aromatic N) is 1. The summed E-state index contributed by atoms with van der Waals surface area (Å²) in [4.78, 5) is 24.1. The van der Waals surface area contributed by atoms with Gasteiger partial charge >= 0.3 is 0 Å². The molecule has 1 amide bonds. The van der Waals surface area contributed by atoms with Gasteiger partial charge in [0, 0.05) is 22.3 Å². The highest BCUT2D eigenvalue weighted by atomic mass is 79.9. The van der Waals surface area contributed by atoms with E-state index in [2.05, 4.69) is 22.0 Å². The first-order valence-electron chi connectivity index (χ1n) is 5.87. The van der Waals surface area contributed by atoms with Crippen molar-refractivity contribution >= 4 is 37.5 Å². The van der Waals surface area contributed by atoms with Gasteiger partial charge in [-0.2, -0.15) is 0 Å². The van der Waals surface area contributed by atoms with Gasteiger partial charge in [-0.15, -0.1) is 0 Å². The molecule has 1 rings (SSSR count). The fourth-order valence-corrected chi connectivity index (χ4v) is 2.68. The smallest absolute Gasteiger partial charge is 0.249 e. The Hall–Kier alpha value is -1.65. The van der Waals surface area contributed by atoms with Crippen molar-refractivity contribution in [3.8, 4) is 12.5 Å². The van der Waals surface area contributed by atoms with Crippen LogP contribution in [0.5, 0.6) is 0 Å². The Morgan fingerprint density at radius 2 is 2.00 bits per heavy atom. The number of terminal acetylenes is 1. The van der Waals surface area contributed by atoms with Crippen molar-refractivity contribution in [1.82, 2.24) is 4.90 Å². The Bertz CT molecular complexity index is 719. The molecule has 0 radical (unpaired) electrons. The van der Waals surface area contributed by atoms with Crippen molar-refractivity contribution in [3.05, 3.63) is 33.8 Å². The second-order valence-electron chi connectivity index (χ2n) is 4.54. The molecular formula is C14H14BrNO4S. The van der Waals surface area contributed by atoms with Crippen LogP contribution in [0.25, 0.3) is 0 Å². The Morgan fingerprint density at radius 1 is 1.38 bits per heavy atom. The van der Waals surface area contributed by atoms with Gasteiger partial charge in [0.1, 0.15) is 5.75 Å². The SMILES string of the molecule is C#CN(Cc1ccc(C(C)=O)cc1Br)C(=O)CS(C)(=O)=O. The van der Waals surface area contributed by atoms with Gasteiger partial charge in [0.05, 0.1) is 6.54 Å². The minimum Gasteiger partial charge on any atom is -0.295 e. The molecule has 21 heavy (non-hydrogen) atoms. The van der Waals surface area contributed by atoms with E-state index in [9.17, 15) is 18.0 Å². The monoisotopic (exact) mass is 371 g/mol. The zero-order chi connectivity index (χ0) is 16.2. The van der Waals surface area contributed by atoms with E-state index in [1.54, 1.807) is 18.2 Å². The molecule has 0 fully saturated rings. The number of carbonyl (C=O) groups excluding carboxylic acids is 2. The Labute approximate surface area is 132 Å². The normalized spacial score (nSPS) is 10.8. The molecule has 0 bridgehead atoms. The van der Waals surface area contributed by atoms with Gasteiger partial charge in [0.15, 0.2) is 15.6 Å². The van der Waals surface area contributed by atoms with Gasteiger partial charge in [-0.1, -0.05) is 34.5 Å². The largest absolute Gasteiger partial charge is 0.295 e. The Balaban J connectivity index is 2.95. The third-order valence-corrected chi connectivity index (χ3v) is 4.14. The first kappa shape index (κ1) is 17.4. The van der Waals surface area contributed by atoms with Crippen LogP contribution < -0.4 is 0 Å². The summed E-state index contributed by atoms with van der Waals surface area (Å²) in [7, 11) is -3.44. The van der Waals surface area contributed by atoms with Gasteiger partial charge in [-0.3, -0.25) is 14.5 Å². The van der Waals surface area contributed by atoms with Gasteiger partial charge < -0.3 is 0 Å². The number of Topliss-reactive ketones (excluding diaryl/α,β-unsaturated/α-hetero) is 1. The number of hydrogen-bond donors (Lipinski definition) is 0. The van der Waals surface area contributed by atoms with Gasteiger partial charge in [0.25, 0.3) is 0 Å². The summed E-state index contributed by atoms with van der Waals surface area (Å²) in [5.41, 5.74) is 1.21. The standard InChI is InChI=1S/C14H14BrNO4S/c1-4-16(14(18)9-21(3,19)20)8-12-6-5-11(10(2)17)7-13(12)15/h1,5-7H,8-9H2,2-3H3. The maximum absolute atomic E-state index is 11.8. The van der Waals surface area contributed by atoms with Crippen molar-refractivity contribution in [2.45, 2.75) is 13.5 Å². The molecule has 0 spiro atoms. The first-order valence-corrected chi connectivity index (χ1v) is 8.73. The summed E-state index contributed by atoms with van der Waals surface area (Å²) in [6, 6.07) is 7.09. The number of benzene rings is 1. The maximum Gasteiger partial charge on any atom is 0.249 e. The predicted octanol–water partition coefficient (Wildman–Crippen LogP) is 1.62. The third-order valence-electron chi connectivity index (χ3n) is 2.63. The Kier molecular flexibility index (Phi) is 5.70. The number of hydrogen-bond acceptors (Lipinski definition) is 4. The quantitative estimate of drug-likeness (QED) is 0.447. The van der Waals surface area contributed by atoms with E-state index in [1.807, 2.05) is 0 Å². The van der Waals surface area contributed by atoms with Crippen LogP contribution in [-0.2, 0) is 21.2 Å². The highest BCUT2D eigenvalue weighted by Gasteiger charge is 2.18. The molecule has 0 saturated heterocycles. The van der Waals surface area contributed by atoms with Crippen LogP contribution in [0.3, 0.4) is 0 Å². The number of ketones is 1. The van der Waals surface area contributed by atoms with E-state index in [1.165, 1.54) is 6.92 Å². The van der Waals surface area contributed by atoms with E-state index in [4.69, 9.17) is 6.42 Å². The fourth-order valence-electron chi connectivity index (χ4n) is 1.57. The minimum absolute atomic E-state index is 0.0591. The van der Waals surface area contributed by atoms with E-state index in [0.717, 1.165) is 11.2 Å². The maximum atomic E-state index is 11.8. The topological polar surface area (TPSA) is 71.5 Å². The summed E-state index contributed by atoms with van der Waals surface area (Å²) in [5.74, 6) is -1.38. The molecule has 5 nitrogen and oxygen atoms in total. The molecule has 0 N–H and O–H groups in total. The van der Waals surface area contributed by atoms with Crippen LogP contribution in [0, 0.1) is 12.5 Å². The van der Waals surface area contributed by atoms with Gasteiger partial charge in [-0.05, 0) is 18.6 Å². The molecule has 0 aliphatic heterocycles. The lowest BCUT2D eigenvalue weighted by Gasteiger charge is -2.16. The molecular weight excluding hydrogens is 358 g/mol. The molecule has 0 atom stereocenters. The molecule has 0 heterocycles. The number of carbonyl (C=O) groups is 2. The lowest BCUT2D eigenvalue weighted by Crippen LogP contribution is -2.31. The van der Waals surface area contributed by atoms with Crippen molar-refractivity contribution in [1.29, 1.82) is 0 Å². The molecule has 0 unspecified atom stereocenters. The zero-order valence-corrected chi connectivity index (χ0v) is 14.0. The van der Waals surface area contributed by atoms with Crippen molar-refractivity contribution < 1.29 is 18.0 Å². The van der Waals surface area contributed by atoms with Crippen LogP contribution >= 0.6 is 15.9 Å². The van der Waals surface area contributed by atoms with E-state index in [0.29, 0.717) is 15.6 Å². The van der Waals surface area contributed by atoms with Crippen LogP contribution in [0.1, 0.15) is 22.8 Å². The Morgan fingerprint density at radius 3 is 2.43 bits per heavy atom. The molecule has 0 aliphatic rings. The fraction of sp³-hybridized carbons (Fsp3) is 0.286. The molecule has 1 aromatic carbocycles. The molecule has 0 aliphatic carbocycles. The summed E-state index contributed by atoms with van der Waals surface area (Å²) >= 11 is 3.31. The second-order valence-corrected chi connectivity index (χ2v) is 7.54. The predicted molar refractivity (Wildman–Crippen MR) is 83.2 cm³/mol. The highest BCUT2D eigenvalue weighted by molar-refractivity contribution is 9.10. The zero-order valence-electron chi connectivity index (χ0n) is 11.6. The number of halogens is 1. The van der Waals surface area contributed by atoms with Gasteiger partial charge in [0.2, 0.25) is 5.91 Å². The molecule has 0 saturated carbocycles. The number of sulfone groups is 1. The number of amides is 1. The van der Waals surface area contributed by atoms with E-state index in [-0.39, 0.29) is 12.3 Å².